The summed E-state index contributed by atoms with van der Waals surface area (Å²) in [4.78, 5) is 40.1. The van der Waals surface area contributed by atoms with Crippen LogP contribution in [0, 0.1) is 0 Å². The molecule has 0 saturated heterocycles. The molecule has 6 N–H and O–H groups in total. The Labute approximate surface area is 202 Å². The lowest BCUT2D eigenvalue weighted by Crippen LogP contribution is -2.51. The number of carbonyl (C=O) groups excluding carboxylic acids is 3. The molecule has 1 aromatic heterocycles. The molecule has 182 valence electrons. The standard InChI is InChI=1S/C25H27N5O5/c1-16(31)23(25(34)30-35)29-24(33)20-4-2-18(3-5-20)19-6-8-21(9-7-19)28-22(32)15-27-14-17-10-12-26-13-11-17/h2-13,16,23,27,31,35H,14-15H2,1H3,(H,28,32)(H,29,33)(H,30,34)/t16-,23+/m1/s1. The zero-order chi connectivity index (χ0) is 25.2. The highest BCUT2D eigenvalue weighted by molar-refractivity contribution is 5.98. The van der Waals surface area contributed by atoms with Crippen LogP contribution >= 0.6 is 0 Å². The minimum atomic E-state index is -1.29. The van der Waals surface area contributed by atoms with Gasteiger partial charge in [0.25, 0.3) is 11.8 Å². The summed E-state index contributed by atoms with van der Waals surface area (Å²) in [5.41, 5.74) is 5.13. The molecule has 0 aliphatic heterocycles. The van der Waals surface area contributed by atoms with Crippen LogP contribution in [0.15, 0.2) is 73.1 Å². The summed E-state index contributed by atoms with van der Waals surface area (Å²) in [6.45, 7) is 2.06. The number of nitrogens with zero attached hydrogens (tertiary/aromatic N) is 1. The first kappa shape index (κ1) is 25.5. The van der Waals surface area contributed by atoms with E-state index in [4.69, 9.17) is 5.21 Å². The Kier molecular flexibility index (Phi) is 9.02. The van der Waals surface area contributed by atoms with E-state index >= 15 is 0 Å². The minimum absolute atomic E-state index is 0.160. The number of aliphatic hydroxyl groups is 1. The monoisotopic (exact) mass is 477 g/mol. The molecular formula is C25H27N5O5. The Morgan fingerprint density at radius 3 is 2.09 bits per heavy atom. The van der Waals surface area contributed by atoms with Crippen molar-refractivity contribution in [3.8, 4) is 11.1 Å². The van der Waals surface area contributed by atoms with Gasteiger partial charge in [-0.2, -0.15) is 0 Å². The average molecular weight is 478 g/mol. The Hall–Kier alpha value is -4.12. The molecule has 0 saturated carbocycles. The minimum Gasteiger partial charge on any atom is -0.391 e. The first-order valence-electron chi connectivity index (χ1n) is 10.9. The molecule has 3 rings (SSSR count). The molecule has 0 aliphatic carbocycles. The van der Waals surface area contributed by atoms with Crippen LogP contribution in [0.2, 0.25) is 0 Å². The summed E-state index contributed by atoms with van der Waals surface area (Å²) in [5, 5.41) is 26.7. The Morgan fingerprint density at radius 1 is 0.914 bits per heavy atom. The second-order valence-corrected chi connectivity index (χ2v) is 7.83. The molecule has 3 amide bonds. The number of aliphatic hydroxyl groups excluding tert-OH is 1. The van der Waals surface area contributed by atoms with E-state index in [9.17, 15) is 19.5 Å². The zero-order valence-electron chi connectivity index (χ0n) is 19.1. The molecule has 3 aromatic rings. The molecule has 0 bridgehead atoms. The highest BCUT2D eigenvalue weighted by Crippen LogP contribution is 2.22. The van der Waals surface area contributed by atoms with Crippen molar-refractivity contribution < 1.29 is 24.7 Å². The van der Waals surface area contributed by atoms with E-state index in [1.807, 2.05) is 24.3 Å². The summed E-state index contributed by atoms with van der Waals surface area (Å²) in [7, 11) is 0. The van der Waals surface area contributed by atoms with Gasteiger partial charge in [0, 0.05) is 30.2 Å². The number of aromatic nitrogens is 1. The van der Waals surface area contributed by atoms with E-state index in [2.05, 4.69) is 20.9 Å². The molecule has 0 fully saturated rings. The van der Waals surface area contributed by atoms with E-state index in [1.54, 1.807) is 48.8 Å². The van der Waals surface area contributed by atoms with E-state index < -0.39 is 24.0 Å². The zero-order valence-corrected chi connectivity index (χ0v) is 19.1. The van der Waals surface area contributed by atoms with E-state index in [0.717, 1.165) is 16.7 Å². The van der Waals surface area contributed by atoms with Crippen molar-refractivity contribution in [2.24, 2.45) is 0 Å². The third-order valence-corrected chi connectivity index (χ3v) is 5.17. The van der Waals surface area contributed by atoms with Gasteiger partial charge in [0.05, 0.1) is 12.6 Å². The SMILES string of the molecule is C[C@@H](O)[C@H](NC(=O)c1ccc(-c2ccc(NC(=O)CNCc3ccncc3)cc2)cc1)C(=O)NO. The largest absolute Gasteiger partial charge is 0.391 e. The van der Waals surface area contributed by atoms with Gasteiger partial charge in [-0.1, -0.05) is 24.3 Å². The predicted octanol–water partition coefficient (Wildman–Crippen LogP) is 1.46. The first-order chi connectivity index (χ1) is 16.9. The lowest BCUT2D eigenvalue weighted by molar-refractivity contribution is -0.133. The lowest BCUT2D eigenvalue weighted by atomic mass is 10.0. The van der Waals surface area contributed by atoms with Crippen molar-refractivity contribution in [2.45, 2.75) is 25.6 Å². The Morgan fingerprint density at radius 2 is 1.51 bits per heavy atom. The molecular weight excluding hydrogens is 450 g/mol. The number of hydrogen-bond acceptors (Lipinski definition) is 7. The first-order valence-corrected chi connectivity index (χ1v) is 10.9. The van der Waals surface area contributed by atoms with Crippen LogP contribution in [0.25, 0.3) is 11.1 Å². The summed E-state index contributed by atoms with van der Waals surface area (Å²) < 4.78 is 0. The molecule has 10 heteroatoms. The fraction of sp³-hybridized carbons (Fsp3) is 0.200. The quantitative estimate of drug-likeness (QED) is 0.191. The van der Waals surface area contributed by atoms with Crippen LogP contribution in [0.4, 0.5) is 5.69 Å². The van der Waals surface area contributed by atoms with Crippen LogP contribution in [0.1, 0.15) is 22.8 Å². The lowest BCUT2D eigenvalue weighted by Gasteiger charge is -2.19. The second-order valence-electron chi connectivity index (χ2n) is 7.83. The molecule has 0 aliphatic rings. The van der Waals surface area contributed by atoms with Crippen molar-refractivity contribution in [3.63, 3.8) is 0 Å². The summed E-state index contributed by atoms with van der Waals surface area (Å²) in [6.07, 6.45) is 2.21. The Bertz CT molecular complexity index is 1140. The fourth-order valence-electron chi connectivity index (χ4n) is 3.29. The number of pyridine rings is 1. The molecule has 2 atom stereocenters. The van der Waals surface area contributed by atoms with Gasteiger partial charge in [-0.25, -0.2) is 5.48 Å². The maximum Gasteiger partial charge on any atom is 0.268 e. The third-order valence-electron chi connectivity index (χ3n) is 5.17. The summed E-state index contributed by atoms with van der Waals surface area (Å²) in [6, 6.07) is 16.4. The highest BCUT2D eigenvalue weighted by Gasteiger charge is 2.25. The number of amides is 3. The van der Waals surface area contributed by atoms with Crippen LogP contribution < -0.4 is 21.4 Å². The van der Waals surface area contributed by atoms with Crippen LogP contribution in [0.3, 0.4) is 0 Å². The molecule has 0 unspecified atom stereocenters. The van der Waals surface area contributed by atoms with Gasteiger partial charge < -0.3 is 21.1 Å². The van der Waals surface area contributed by atoms with Gasteiger partial charge in [0.2, 0.25) is 5.91 Å². The molecule has 1 heterocycles. The van der Waals surface area contributed by atoms with Crippen molar-refractivity contribution in [1.82, 2.24) is 21.1 Å². The van der Waals surface area contributed by atoms with E-state index in [-0.39, 0.29) is 18.0 Å². The van der Waals surface area contributed by atoms with Crippen molar-refractivity contribution in [3.05, 3.63) is 84.2 Å². The van der Waals surface area contributed by atoms with Crippen molar-refractivity contribution in [1.29, 1.82) is 0 Å². The van der Waals surface area contributed by atoms with E-state index in [1.165, 1.54) is 12.4 Å². The topological polar surface area (TPSA) is 153 Å². The van der Waals surface area contributed by atoms with Crippen LogP contribution in [-0.4, -0.2) is 51.7 Å². The van der Waals surface area contributed by atoms with Crippen molar-refractivity contribution >= 4 is 23.4 Å². The predicted molar refractivity (Wildman–Crippen MR) is 129 cm³/mol. The average Bonchev–Trinajstić information content (AvgIpc) is 2.87. The molecule has 35 heavy (non-hydrogen) atoms. The number of hydroxylamine groups is 1. The van der Waals surface area contributed by atoms with Gasteiger partial charge in [-0.15, -0.1) is 0 Å². The molecule has 2 aromatic carbocycles. The fourth-order valence-corrected chi connectivity index (χ4v) is 3.29. The molecule has 0 spiro atoms. The van der Waals surface area contributed by atoms with Gasteiger partial charge >= 0.3 is 0 Å². The number of anilines is 1. The van der Waals surface area contributed by atoms with Gasteiger partial charge in [0.1, 0.15) is 6.04 Å². The second kappa shape index (κ2) is 12.4. The van der Waals surface area contributed by atoms with Crippen molar-refractivity contribution in [2.75, 3.05) is 11.9 Å². The molecule has 0 radical (unpaired) electrons. The summed E-state index contributed by atoms with van der Waals surface area (Å²) in [5.74, 6) is -1.64. The maximum atomic E-state index is 12.4. The van der Waals surface area contributed by atoms with Gasteiger partial charge in [0.15, 0.2) is 0 Å². The van der Waals surface area contributed by atoms with Gasteiger partial charge in [-0.3, -0.25) is 24.6 Å². The normalized spacial score (nSPS) is 12.3. The van der Waals surface area contributed by atoms with Gasteiger partial charge in [-0.05, 0) is 60.0 Å². The number of carbonyl (C=O) groups is 3. The smallest absolute Gasteiger partial charge is 0.268 e. The number of rotatable bonds is 10. The molecule has 10 nitrogen and oxygen atoms in total. The van der Waals surface area contributed by atoms with Crippen LogP contribution in [-0.2, 0) is 16.1 Å². The number of hydrogen-bond donors (Lipinski definition) is 6. The van der Waals surface area contributed by atoms with E-state index in [0.29, 0.717) is 12.2 Å². The Balaban J connectivity index is 1.53. The van der Waals surface area contributed by atoms with Crippen LogP contribution in [0.5, 0.6) is 0 Å². The maximum absolute atomic E-state index is 12.4. The summed E-state index contributed by atoms with van der Waals surface area (Å²) >= 11 is 0. The number of nitrogens with one attached hydrogen (secondary N) is 4. The third kappa shape index (κ3) is 7.44. The number of benzene rings is 2. The highest BCUT2D eigenvalue weighted by atomic mass is 16.5.